The molecule has 2 aromatic carbocycles. The van der Waals surface area contributed by atoms with E-state index in [4.69, 9.17) is 0 Å². The molecule has 0 unspecified atom stereocenters. The predicted molar refractivity (Wildman–Crippen MR) is 86.3 cm³/mol. The number of fused-ring (bicyclic) bond motifs is 1. The fourth-order valence-corrected chi connectivity index (χ4v) is 2.13. The van der Waals surface area contributed by atoms with Gasteiger partial charge in [-0.2, -0.15) is 22.0 Å². The van der Waals surface area contributed by atoms with Crippen LogP contribution in [0.5, 0.6) is 0 Å². The molecule has 144 valence electrons. The second-order valence-corrected chi connectivity index (χ2v) is 5.42. The second kappa shape index (κ2) is 7.73. The van der Waals surface area contributed by atoms with Gasteiger partial charge in [-0.05, 0) is 34.5 Å². The molecule has 0 amide bonds. The van der Waals surface area contributed by atoms with Gasteiger partial charge < -0.3 is 9.47 Å². The lowest BCUT2D eigenvalue weighted by atomic mass is 10.0. The van der Waals surface area contributed by atoms with Gasteiger partial charge in [-0.3, -0.25) is 0 Å². The standard InChI is InChI=1S/C18H13F5O4/c1-26-16(25)14-9-12-5-3-2-4-11(12)8-13(14)6-7-15(24)27-10-17(19,20)18(21,22)23/h2-9H,10H2,1H3/b7-6+. The van der Waals surface area contributed by atoms with Gasteiger partial charge >= 0.3 is 24.0 Å². The van der Waals surface area contributed by atoms with E-state index in [1.807, 2.05) is 0 Å². The summed E-state index contributed by atoms with van der Waals surface area (Å²) in [5.41, 5.74) is 0.293. The predicted octanol–water partition coefficient (Wildman–Crippen LogP) is 4.38. The summed E-state index contributed by atoms with van der Waals surface area (Å²) in [6, 6.07) is 10.00. The molecule has 9 heteroatoms. The van der Waals surface area contributed by atoms with Crippen molar-refractivity contribution in [3.05, 3.63) is 53.6 Å². The minimum atomic E-state index is -5.83. The van der Waals surface area contributed by atoms with Crippen molar-refractivity contribution in [3.8, 4) is 0 Å². The molecule has 2 rings (SSSR count). The summed E-state index contributed by atoms with van der Waals surface area (Å²) in [7, 11) is 1.15. The molecule has 2 aromatic rings. The molecule has 0 bridgehead atoms. The molecular weight excluding hydrogens is 375 g/mol. The number of methoxy groups -OCH3 is 1. The molecule has 0 aliphatic heterocycles. The number of hydrogen-bond donors (Lipinski definition) is 0. The van der Waals surface area contributed by atoms with Crippen LogP contribution in [-0.4, -0.2) is 37.8 Å². The van der Waals surface area contributed by atoms with E-state index in [0.717, 1.165) is 13.2 Å². The Hall–Kier alpha value is -2.97. The monoisotopic (exact) mass is 388 g/mol. The van der Waals surface area contributed by atoms with Gasteiger partial charge in [0.25, 0.3) is 0 Å². The minimum absolute atomic E-state index is 0.0841. The Kier molecular flexibility index (Phi) is 5.82. The number of carbonyl (C=O) groups is 2. The molecule has 0 radical (unpaired) electrons. The summed E-state index contributed by atoms with van der Waals surface area (Å²) in [4.78, 5) is 23.4. The Morgan fingerprint density at radius 3 is 2.19 bits per heavy atom. The van der Waals surface area contributed by atoms with Crippen LogP contribution in [0.1, 0.15) is 15.9 Å². The Bertz CT molecular complexity index is 887. The minimum Gasteiger partial charge on any atom is -0.465 e. The van der Waals surface area contributed by atoms with Crippen molar-refractivity contribution >= 4 is 28.8 Å². The quantitative estimate of drug-likeness (QED) is 0.433. The second-order valence-electron chi connectivity index (χ2n) is 5.42. The molecule has 0 spiro atoms. The summed E-state index contributed by atoms with van der Waals surface area (Å²) < 4.78 is 70.3. The van der Waals surface area contributed by atoms with Gasteiger partial charge in [0.15, 0.2) is 6.61 Å². The summed E-state index contributed by atoms with van der Waals surface area (Å²) in [6.07, 6.45) is -4.09. The van der Waals surface area contributed by atoms with Gasteiger partial charge in [0, 0.05) is 6.08 Å². The molecule has 0 atom stereocenters. The van der Waals surface area contributed by atoms with Gasteiger partial charge in [-0.1, -0.05) is 24.3 Å². The van der Waals surface area contributed by atoms with Gasteiger partial charge in [0.1, 0.15) is 0 Å². The van der Waals surface area contributed by atoms with Gasteiger partial charge in [0.2, 0.25) is 0 Å². The Balaban J connectivity index is 2.23. The molecule has 0 N–H and O–H groups in total. The first-order valence-electron chi connectivity index (χ1n) is 7.45. The SMILES string of the molecule is COC(=O)c1cc2ccccc2cc1/C=C/C(=O)OCC(F)(F)C(F)(F)F. The molecule has 0 aliphatic rings. The zero-order valence-corrected chi connectivity index (χ0v) is 13.8. The lowest BCUT2D eigenvalue weighted by molar-refractivity contribution is -0.293. The Morgan fingerprint density at radius 2 is 1.63 bits per heavy atom. The van der Waals surface area contributed by atoms with E-state index in [-0.39, 0.29) is 11.1 Å². The maximum absolute atomic E-state index is 12.8. The van der Waals surface area contributed by atoms with Crippen LogP contribution in [0.4, 0.5) is 22.0 Å². The van der Waals surface area contributed by atoms with Crippen LogP contribution >= 0.6 is 0 Å². The highest BCUT2D eigenvalue weighted by atomic mass is 19.4. The third-order valence-electron chi connectivity index (χ3n) is 3.53. The van der Waals surface area contributed by atoms with Crippen LogP contribution in [0.25, 0.3) is 16.8 Å². The van der Waals surface area contributed by atoms with Crippen molar-refractivity contribution in [1.29, 1.82) is 0 Å². The van der Waals surface area contributed by atoms with Crippen molar-refractivity contribution < 1.29 is 41.0 Å². The van der Waals surface area contributed by atoms with Crippen molar-refractivity contribution in [2.24, 2.45) is 0 Å². The van der Waals surface area contributed by atoms with Crippen LogP contribution in [0.15, 0.2) is 42.5 Å². The van der Waals surface area contributed by atoms with E-state index in [1.54, 1.807) is 24.3 Å². The Morgan fingerprint density at radius 1 is 1.04 bits per heavy atom. The molecule has 0 saturated heterocycles. The average molecular weight is 388 g/mol. The molecule has 0 fully saturated rings. The number of hydrogen-bond acceptors (Lipinski definition) is 4. The third kappa shape index (κ3) is 4.81. The van der Waals surface area contributed by atoms with Crippen molar-refractivity contribution in [3.63, 3.8) is 0 Å². The first-order valence-corrected chi connectivity index (χ1v) is 7.45. The lowest BCUT2D eigenvalue weighted by Gasteiger charge is -2.18. The van der Waals surface area contributed by atoms with E-state index in [1.165, 1.54) is 12.1 Å². The number of halogens is 5. The van der Waals surface area contributed by atoms with Crippen LogP contribution in [0, 0.1) is 0 Å². The number of esters is 2. The molecule has 4 nitrogen and oxygen atoms in total. The Labute approximate surface area is 150 Å². The normalized spacial score (nSPS) is 12.4. The fraction of sp³-hybridized carbons (Fsp3) is 0.222. The van der Waals surface area contributed by atoms with Crippen molar-refractivity contribution in [2.45, 2.75) is 12.1 Å². The fourth-order valence-electron chi connectivity index (χ4n) is 2.13. The van der Waals surface area contributed by atoms with E-state index in [2.05, 4.69) is 9.47 Å². The summed E-state index contributed by atoms with van der Waals surface area (Å²) in [5, 5.41) is 1.42. The molecule has 0 heterocycles. The van der Waals surface area contributed by atoms with Crippen LogP contribution in [0.3, 0.4) is 0 Å². The number of ether oxygens (including phenoxy) is 2. The topological polar surface area (TPSA) is 52.6 Å². The number of alkyl halides is 5. The smallest absolute Gasteiger partial charge is 0.456 e. The summed E-state index contributed by atoms with van der Waals surface area (Å²) in [6.45, 7) is -2.14. The van der Waals surface area contributed by atoms with Crippen LogP contribution < -0.4 is 0 Å². The van der Waals surface area contributed by atoms with E-state index >= 15 is 0 Å². The zero-order chi connectivity index (χ0) is 20.2. The summed E-state index contributed by atoms with van der Waals surface area (Å²) >= 11 is 0. The average Bonchev–Trinajstić information content (AvgIpc) is 2.62. The van der Waals surface area contributed by atoms with Crippen LogP contribution in [-0.2, 0) is 14.3 Å². The molecular formula is C18H13F5O4. The zero-order valence-electron chi connectivity index (χ0n) is 13.8. The summed E-state index contributed by atoms with van der Waals surface area (Å²) in [5.74, 6) is -7.28. The molecule has 0 aliphatic carbocycles. The molecule has 0 saturated carbocycles. The lowest BCUT2D eigenvalue weighted by Crippen LogP contribution is -2.41. The van der Waals surface area contributed by atoms with Gasteiger partial charge in [-0.15, -0.1) is 0 Å². The number of rotatable bonds is 5. The first-order chi connectivity index (χ1) is 12.5. The third-order valence-corrected chi connectivity index (χ3v) is 3.53. The maximum Gasteiger partial charge on any atom is 0.456 e. The maximum atomic E-state index is 12.8. The number of benzene rings is 2. The van der Waals surface area contributed by atoms with Crippen molar-refractivity contribution in [1.82, 2.24) is 0 Å². The first kappa shape index (κ1) is 20.3. The number of carbonyl (C=O) groups excluding carboxylic acids is 2. The van der Waals surface area contributed by atoms with E-state index in [0.29, 0.717) is 16.8 Å². The largest absolute Gasteiger partial charge is 0.465 e. The van der Waals surface area contributed by atoms with Crippen LogP contribution in [0.2, 0.25) is 0 Å². The highest BCUT2D eigenvalue weighted by molar-refractivity contribution is 6.01. The van der Waals surface area contributed by atoms with E-state index in [9.17, 15) is 31.5 Å². The van der Waals surface area contributed by atoms with Gasteiger partial charge in [0.05, 0.1) is 12.7 Å². The van der Waals surface area contributed by atoms with Crippen molar-refractivity contribution in [2.75, 3.05) is 13.7 Å². The van der Waals surface area contributed by atoms with E-state index < -0.39 is 30.6 Å². The van der Waals surface area contributed by atoms with Gasteiger partial charge in [-0.25, -0.2) is 9.59 Å². The molecule has 0 aromatic heterocycles. The highest BCUT2D eigenvalue weighted by Gasteiger charge is 2.58. The molecule has 27 heavy (non-hydrogen) atoms. The highest BCUT2D eigenvalue weighted by Crippen LogP contribution is 2.35.